The van der Waals surface area contributed by atoms with Crippen LogP contribution in [0.5, 0.6) is 5.75 Å². The molecule has 3 heteroatoms. The Kier molecular flexibility index (Phi) is 5.77. The highest BCUT2D eigenvalue weighted by Crippen LogP contribution is 2.44. The summed E-state index contributed by atoms with van der Waals surface area (Å²) >= 11 is 0. The van der Waals surface area contributed by atoms with E-state index in [1.54, 1.807) is 7.11 Å². The first-order valence-electron chi connectivity index (χ1n) is 9.33. The number of fused-ring (bicyclic) bond motifs is 1. The standard InChI is InChI=1S/C23H28O3/c1-15-7-5-6-8-19(15)14-26-21-13-16(2)20-10-9-18(11-12-24)23(25-4)22(20)17(21)3/h5-8,12-13,18,23H,9-11,14H2,1-4H3/t18-,23?/m0/s1. The second kappa shape index (κ2) is 8.05. The normalized spacial score (nSPS) is 19.1. The van der Waals surface area contributed by atoms with Crippen LogP contribution < -0.4 is 4.74 Å². The molecule has 3 nitrogen and oxygen atoms in total. The van der Waals surface area contributed by atoms with Crippen LogP contribution in [0.4, 0.5) is 0 Å². The summed E-state index contributed by atoms with van der Waals surface area (Å²) in [5, 5.41) is 0. The Hall–Kier alpha value is -2.13. The number of benzene rings is 2. The number of carbonyl (C=O) groups is 1. The molecule has 0 amide bonds. The van der Waals surface area contributed by atoms with Crippen molar-refractivity contribution in [2.75, 3.05) is 7.11 Å². The van der Waals surface area contributed by atoms with Gasteiger partial charge < -0.3 is 14.3 Å². The van der Waals surface area contributed by atoms with Gasteiger partial charge in [0.1, 0.15) is 18.6 Å². The average Bonchev–Trinajstić information content (AvgIpc) is 2.64. The van der Waals surface area contributed by atoms with Crippen molar-refractivity contribution >= 4 is 6.29 Å². The third-order valence-electron chi connectivity index (χ3n) is 5.70. The summed E-state index contributed by atoms with van der Waals surface area (Å²) in [5.74, 6) is 1.16. The lowest BCUT2D eigenvalue weighted by molar-refractivity contribution is -0.110. The number of aldehydes is 1. The summed E-state index contributed by atoms with van der Waals surface area (Å²) in [4.78, 5) is 11.1. The van der Waals surface area contributed by atoms with Gasteiger partial charge in [0.25, 0.3) is 0 Å². The molecular formula is C23H28O3. The van der Waals surface area contributed by atoms with Crippen LogP contribution >= 0.6 is 0 Å². The summed E-state index contributed by atoms with van der Waals surface area (Å²) in [6.45, 7) is 6.92. The fourth-order valence-electron chi connectivity index (χ4n) is 4.15. The fraction of sp³-hybridized carbons (Fsp3) is 0.435. The highest BCUT2D eigenvalue weighted by molar-refractivity contribution is 5.54. The van der Waals surface area contributed by atoms with Crippen molar-refractivity contribution in [3.63, 3.8) is 0 Å². The van der Waals surface area contributed by atoms with E-state index >= 15 is 0 Å². The second-order valence-electron chi connectivity index (χ2n) is 7.28. The molecule has 0 saturated heterocycles. The molecule has 0 fully saturated rings. The molecule has 0 bridgehead atoms. The predicted molar refractivity (Wildman–Crippen MR) is 104 cm³/mol. The smallest absolute Gasteiger partial charge is 0.123 e. The first-order chi connectivity index (χ1) is 12.6. The molecule has 1 aliphatic carbocycles. The molecule has 0 N–H and O–H groups in total. The lowest BCUT2D eigenvalue weighted by atomic mass is 9.76. The van der Waals surface area contributed by atoms with Crippen molar-refractivity contribution in [2.24, 2.45) is 5.92 Å². The molecule has 1 aliphatic rings. The van der Waals surface area contributed by atoms with Gasteiger partial charge in [-0.1, -0.05) is 24.3 Å². The Balaban J connectivity index is 1.94. The number of aryl methyl sites for hydroxylation is 2. The third-order valence-corrected chi connectivity index (χ3v) is 5.70. The van der Waals surface area contributed by atoms with E-state index in [4.69, 9.17) is 9.47 Å². The highest BCUT2D eigenvalue weighted by atomic mass is 16.5. The van der Waals surface area contributed by atoms with Gasteiger partial charge in [0.05, 0.1) is 6.10 Å². The molecular weight excluding hydrogens is 324 g/mol. The average molecular weight is 352 g/mol. The zero-order chi connectivity index (χ0) is 18.7. The summed E-state index contributed by atoms with van der Waals surface area (Å²) in [6, 6.07) is 10.5. The van der Waals surface area contributed by atoms with Crippen molar-refractivity contribution in [3.05, 3.63) is 63.7 Å². The number of ether oxygens (including phenoxy) is 2. The number of hydrogen-bond acceptors (Lipinski definition) is 3. The quantitative estimate of drug-likeness (QED) is 0.684. The van der Waals surface area contributed by atoms with E-state index in [0.29, 0.717) is 13.0 Å². The Labute approximate surface area is 156 Å². The maximum atomic E-state index is 11.1. The van der Waals surface area contributed by atoms with E-state index in [0.717, 1.165) is 30.4 Å². The van der Waals surface area contributed by atoms with Gasteiger partial charge >= 0.3 is 0 Å². The van der Waals surface area contributed by atoms with Gasteiger partial charge in [0, 0.05) is 13.5 Å². The SMILES string of the molecule is COC1c2c(C)c(OCc3ccccc3C)cc(C)c2CC[C@H]1CC=O. The van der Waals surface area contributed by atoms with E-state index in [9.17, 15) is 4.79 Å². The summed E-state index contributed by atoms with van der Waals surface area (Å²) in [5.41, 5.74) is 7.41. The van der Waals surface area contributed by atoms with Crippen molar-refractivity contribution in [1.82, 2.24) is 0 Å². The van der Waals surface area contributed by atoms with Crippen LogP contribution in [-0.2, 0) is 22.6 Å². The molecule has 2 aromatic carbocycles. The van der Waals surface area contributed by atoms with Gasteiger partial charge in [-0.3, -0.25) is 0 Å². The van der Waals surface area contributed by atoms with Gasteiger partial charge in [0.15, 0.2) is 0 Å². The van der Waals surface area contributed by atoms with E-state index in [2.05, 4.69) is 39.0 Å². The zero-order valence-corrected chi connectivity index (χ0v) is 16.2. The molecule has 0 radical (unpaired) electrons. The predicted octanol–water partition coefficient (Wildman–Crippen LogP) is 5.03. The maximum absolute atomic E-state index is 11.1. The van der Waals surface area contributed by atoms with Gasteiger partial charge in [-0.2, -0.15) is 0 Å². The first kappa shape index (κ1) is 18.7. The Morgan fingerprint density at radius 3 is 2.62 bits per heavy atom. The van der Waals surface area contributed by atoms with E-state index in [1.807, 2.05) is 12.1 Å². The number of carbonyl (C=O) groups excluding carboxylic acids is 1. The lowest BCUT2D eigenvalue weighted by Gasteiger charge is -2.34. The molecule has 0 heterocycles. The summed E-state index contributed by atoms with van der Waals surface area (Å²) in [6.07, 6.45) is 3.52. The van der Waals surface area contributed by atoms with E-state index < -0.39 is 0 Å². The molecule has 138 valence electrons. The Bertz CT molecular complexity index is 794. The van der Waals surface area contributed by atoms with Gasteiger partial charge in [0.2, 0.25) is 0 Å². The highest BCUT2D eigenvalue weighted by Gasteiger charge is 2.32. The van der Waals surface area contributed by atoms with Crippen LogP contribution in [0.2, 0.25) is 0 Å². The fourth-order valence-corrected chi connectivity index (χ4v) is 4.15. The maximum Gasteiger partial charge on any atom is 0.123 e. The van der Waals surface area contributed by atoms with Crippen LogP contribution in [0.25, 0.3) is 0 Å². The van der Waals surface area contributed by atoms with E-state index in [1.165, 1.54) is 27.8 Å². The number of methoxy groups -OCH3 is 1. The minimum Gasteiger partial charge on any atom is -0.489 e. The molecule has 0 spiro atoms. The second-order valence-corrected chi connectivity index (χ2v) is 7.28. The van der Waals surface area contributed by atoms with Crippen molar-refractivity contribution in [2.45, 2.75) is 52.7 Å². The van der Waals surface area contributed by atoms with Crippen molar-refractivity contribution in [3.8, 4) is 5.75 Å². The summed E-state index contributed by atoms with van der Waals surface area (Å²) in [7, 11) is 1.74. The minimum atomic E-state index is -0.0374. The zero-order valence-electron chi connectivity index (χ0n) is 16.2. The minimum absolute atomic E-state index is 0.0374. The molecule has 3 rings (SSSR count). The van der Waals surface area contributed by atoms with Crippen LogP contribution in [0, 0.1) is 26.7 Å². The third kappa shape index (κ3) is 3.54. The number of hydrogen-bond donors (Lipinski definition) is 0. The summed E-state index contributed by atoms with van der Waals surface area (Å²) < 4.78 is 12.1. The van der Waals surface area contributed by atoms with Crippen LogP contribution in [0.15, 0.2) is 30.3 Å². The topological polar surface area (TPSA) is 35.5 Å². The molecule has 0 aromatic heterocycles. The molecule has 1 unspecified atom stereocenters. The Morgan fingerprint density at radius 1 is 1.15 bits per heavy atom. The molecule has 0 saturated carbocycles. The monoisotopic (exact) mass is 352 g/mol. The molecule has 26 heavy (non-hydrogen) atoms. The van der Waals surface area contributed by atoms with Crippen LogP contribution in [0.1, 0.15) is 52.3 Å². The molecule has 0 aliphatic heterocycles. The Morgan fingerprint density at radius 2 is 1.92 bits per heavy atom. The van der Waals surface area contributed by atoms with E-state index in [-0.39, 0.29) is 12.0 Å². The van der Waals surface area contributed by atoms with Crippen molar-refractivity contribution < 1.29 is 14.3 Å². The molecule has 2 atom stereocenters. The van der Waals surface area contributed by atoms with Gasteiger partial charge in [-0.25, -0.2) is 0 Å². The van der Waals surface area contributed by atoms with Gasteiger partial charge in [-0.05, 0) is 79.0 Å². The molecule has 2 aromatic rings. The van der Waals surface area contributed by atoms with Crippen molar-refractivity contribution in [1.29, 1.82) is 0 Å². The first-order valence-corrected chi connectivity index (χ1v) is 9.33. The van der Waals surface area contributed by atoms with Gasteiger partial charge in [-0.15, -0.1) is 0 Å². The lowest BCUT2D eigenvalue weighted by Crippen LogP contribution is -2.24. The largest absolute Gasteiger partial charge is 0.489 e. The number of rotatable bonds is 6. The van der Waals surface area contributed by atoms with Crippen LogP contribution in [0.3, 0.4) is 0 Å². The van der Waals surface area contributed by atoms with Crippen LogP contribution in [-0.4, -0.2) is 13.4 Å².